The number of allylic oxidation sites excluding steroid dienone is 1. The van der Waals surface area contributed by atoms with Crippen LogP contribution in [-0.2, 0) is 6.42 Å². The van der Waals surface area contributed by atoms with Crippen molar-refractivity contribution in [3.63, 3.8) is 0 Å². The Hall–Kier alpha value is -3.34. The number of nitrogens with zero attached hydrogens (tertiary/aromatic N) is 1. The number of methoxy groups -OCH3 is 1. The molecule has 1 aliphatic rings. The van der Waals surface area contributed by atoms with Gasteiger partial charge in [-0.15, -0.1) is 0 Å². The Morgan fingerprint density at radius 1 is 1.19 bits per heavy atom. The van der Waals surface area contributed by atoms with Gasteiger partial charge < -0.3 is 14.9 Å². The summed E-state index contributed by atoms with van der Waals surface area (Å²) in [5.41, 5.74) is 4.46. The molecule has 5 heteroatoms. The second kappa shape index (κ2) is 6.76. The van der Waals surface area contributed by atoms with Crippen molar-refractivity contribution in [2.75, 3.05) is 7.11 Å². The molecule has 0 radical (unpaired) electrons. The van der Waals surface area contributed by atoms with Crippen molar-refractivity contribution >= 4 is 28.5 Å². The maximum Gasteiger partial charge on any atom is 0.336 e. The molecular weight excluding hydrogens is 342 g/mol. The minimum Gasteiger partial charge on any atom is -0.504 e. The second-order valence-corrected chi connectivity index (χ2v) is 6.59. The van der Waals surface area contributed by atoms with E-state index >= 15 is 0 Å². The number of phenolic OH excluding ortho intramolecular Hbond substituents is 1. The number of aromatic carboxylic acids is 1. The van der Waals surface area contributed by atoms with Crippen LogP contribution in [0.1, 0.15) is 40.0 Å². The third kappa shape index (κ3) is 3.01. The lowest BCUT2D eigenvalue weighted by Crippen LogP contribution is -2.13. The fraction of sp³-hybridized carbons (Fsp3) is 0.182. The minimum absolute atomic E-state index is 0.0842. The van der Waals surface area contributed by atoms with Crippen LogP contribution in [0.25, 0.3) is 22.6 Å². The lowest BCUT2D eigenvalue weighted by atomic mass is 9.86. The van der Waals surface area contributed by atoms with E-state index in [4.69, 9.17) is 9.72 Å². The van der Waals surface area contributed by atoms with Gasteiger partial charge in [-0.25, -0.2) is 9.78 Å². The summed E-state index contributed by atoms with van der Waals surface area (Å²) in [6.45, 7) is 0. The molecular formula is C22H19NO4. The molecule has 136 valence electrons. The number of carboxylic acid groups (broad SMARTS) is 1. The standard InChI is InChI=1S/C22H19NO4/c1-27-19-12-13(9-10-18(19)24)11-14-5-4-7-16-20(22(25)26)15-6-2-3-8-17(15)23-21(14)16/h2-3,6,8-12,24H,4-5,7H2,1H3,(H,25,26)/b14-11+. The van der Waals surface area contributed by atoms with Crippen molar-refractivity contribution in [3.8, 4) is 11.5 Å². The van der Waals surface area contributed by atoms with Crippen LogP contribution in [0.3, 0.4) is 0 Å². The van der Waals surface area contributed by atoms with E-state index in [0.717, 1.165) is 35.2 Å². The number of aromatic nitrogens is 1. The van der Waals surface area contributed by atoms with Crippen molar-refractivity contribution in [2.24, 2.45) is 0 Å². The molecule has 2 aromatic carbocycles. The fourth-order valence-corrected chi connectivity index (χ4v) is 3.70. The number of carboxylic acids is 1. The van der Waals surface area contributed by atoms with Crippen LogP contribution < -0.4 is 4.74 Å². The number of para-hydroxylation sites is 1. The zero-order valence-corrected chi connectivity index (χ0v) is 14.9. The van der Waals surface area contributed by atoms with Crippen LogP contribution in [0.5, 0.6) is 11.5 Å². The number of ether oxygens (including phenoxy) is 1. The maximum absolute atomic E-state index is 12.0. The van der Waals surface area contributed by atoms with Gasteiger partial charge >= 0.3 is 5.97 Å². The number of hydrogen-bond donors (Lipinski definition) is 2. The molecule has 0 fully saturated rings. The topological polar surface area (TPSA) is 79.7 Å². The molecule has 0 spiro atoms. The van der Waals surface area contributed by atoms with Crippen LogP contribution in [0.2, 0.25) is 0 Å². The molecule has 0 bridgehead atoms. The van der Waals surface area contributed by atoms with E-state index < -0.39 is 5.97 Å². The van der Waals surface area contributed by atoms with E-state index in [-0.39, 0.29) is 5.75 Å². The lowest BCUT2D eigenvalue weighted by Gasteiger charge is -2.21. The summed E-state index contributed by atoms with van der Waals surface area (Å²) in [7, 11) is 1.51. The van der Waals surface area contributed by atoms with Crippen molar-refractivity contribution in [1.82, 2.24) is 4.98 Å². The van der Waals surface area contributed by atoms with E-state index in [1.165, 1.54) is 7.11 Å². The predicted octanol–water partition coefficient (Wildman–Crippen LogP) is 4.52. The Balaban J connectivity index is 1.92. The Bertz CT molecular complexity index is 1090. The summed E-state index contributed by atoms with van der Waals surface area (Å²) in [6, 6.07) is 12.5. The van der Waals surface area contributed by atoms with Crippen molar-refractivity contribution in [2.45, 2.75) is 19.3 Å². The van der Waals surface area contributed by atoms with Gasteiger partial charge in [-0.05, 0) is 60.2 Å². The lowest BCUT2D eigenvalue weighted by molar-refractivity contribution is 0.0697. The molecule has 3 aromatic rings. The zero-order valence-electron chi connectivity index (χ0n) is 14.9. The number of fused-ring (bicyclic) bond motifs is 2. The Labute approximate surface area is 156 Å². The minimum atomic E-state index is -0.919. The van der Waals surface area contributed by atoms with Gasteiger partial charge in [-0.2, -0.15) is 0 Å². The summed E-state index contributed by atoms with van der Waals surface area (Å²) < 4.78 is 5.18. The predicted molar refractivity (Wildman–Crippen MR) is 104 cm³/mol. The first kappa shape index (κ1) is 17.1. The third-order valence-corrected chi connectivity index (χ3v) is 4.93. The number of benzene rings is 2. The van der Waals surface area contributed by atoms with Crippen LogP contribution in [-0.4, -0.2) is 28.3 Å². The summed E-state index contributed by atoms with van der Waals surface area (Å²) >= 11 is 0. The molecule has 5 nitrogen and oxygen atoms in total. The fourth-order valence-electron chi connectivity index (χ4n) is 3.70. The van der Waals surface area contributed by atoms with Gasteiger partial charge in [0.1, 0.15) is 0 Å². The van der Waals surface area contributed by atoms with E-state index in [2.05, 4.69) is 0 Å². The number of rotatable bonds is 3. The molecule has 0 aliphatic heterocycles. The maximum atomic E-state index is 12.0. The molecule has 1 aromatic heterocycles. The monoisotopic (exact) mass is 361 g/mol. The Morgan fingerprint density at radius 3 is 2.78 bits per heavy atom. The molecule has 0 unspecified atom stereocenters. The van der Waals surface area contributed by atoms with Gasteiger partial charge in [-0.1, -0.05) is 24.3 Å². The van der Waals surface area contributed by atoms with Crippen molar-refractivity contribution < 1.29 is 19.7 Å². The molecule has 0 amide bonds. The SMILES string of the molecule is COc1cc(/C=C2\CCCc3c2nc2ccccc2c3C(=O)O)ccc1O. The molecule has 4 rings (SSSR count). The first-order chi connectivity index (χ1) is 13.1. The Morgan fingerprint density at radius 2 is 2.00 bits per heavy atom. The largest absolute Gasteiger partial charge is 0.504 e. The van der Waals surface area contributed by atoms with Gasteiger partial charge in [0.2, 0.25) is 0 Å². The quantitative estimate of drug-likeness (QED) is 0.717. The highest BCUT2D eigenvalue weighted by Crippen LogP contribution is 2.37. The number of phenols is 1. The summed E-state index contributed by atoms with van der Waals surface area (Å²) in [6.07, 6.45) is 4.38. The molecule has 27 heavy (non-hydrogen) atoms. The summed E-state index contributed by atoms with van der Waals surface area (Å²) in [4.78, 5) is 16.8. The van der Waals surface area contributed by atoms with Crippen LogP contribution in [0.4, 0.5) is 0 Å². The normalized spacial score (nSPS) is 14.9. The molecule has 1 aliphatic carbocycles. The first-order valence-corrected chi connectivity index (χ1v) is 8.81. The van der Waals surface area contributed by atoms with Gasteiger partial charge in [0, 0.05) is 5.39 Å². The molecule has 2 N–H and O–H groups in total. The van der Waals surface area contributed by atoms with Crippen LogP contribution in [0, 0.1) is 0 Å². The van der Waals surface area contributed by atoms with Crippen LogP contribution >= 0.6 is 0 Å². The smallest absolute Gasteiger partial charge is 0.336 e. The molecule has 1 heterocycles. The average molecular weight is 361 g/mol. The van der Waals surface area contributed by atoms with E-state index in [1.54, 1.807) is 18.2 Å². The molecule has 0 saturated carbocycles. The van der Waals surface area contributed by atoms with E-state index in [9.17, 15) is 15.0 Å². The third-order valence-electron chi connectivity index (χ3n) is 4.93. The molecule has 0 saturated heterocycles. The summed E-state index contributed by atoms with van der Waals surface area (Å²) in [5, 5.41) is 20.3. The highest BCUT2D eigenvalue weighted by atomic mass is 16.5. The van der Waals surface area contributed by atoms with Gasteiger partial charge in [0.15, 0.2) is 11.5 Å². The van der Waals surface area contributed by atoms with Gasteiger partial charge in [0.05, 0.1) is 23.9 Å². The summed E-state index contributed by atoms with van der Waals surface area (Å²) in [5.74, 6) is -0.434. The van der Waals surface area contributed by atoms with E-state index in [0.29, 0.717) is 28.6 Å². The van der Waals surface area contributed by atoms with Crippen molar-refractivity contribution in [1.29, 1.82) is 0 Å². The highest BCUT2D eigenvalue weighted by molar-refractivity contribution is 6.05. The Kier molecular flexibility index (Phi) is 4.28. The van der Waals surface area contributed by atoms with Crippen LogP contribution in [0.15, 0.2) is 42.5 Å². The number of pyridine rings is 1. The average Bonchev–Trinajstić information content (AvgIpc) is 2.67. The zero-order chi connectivity index (χ0) is 19.0. The van der Waals surface area contributed by atoms with Gasteiger partial charge in [0.25, 0.3) is 0 Å². The van der Waals surface area contributed by atoms with Crippen molar-refractivity contribution in [3.05, 3.63) is 64.8 Å². The number of aromatic hydroxyl groups is 1. The highest BCUT2D eigenvalue weighted by Gasteiger charge is 2.24. The van der Waals surface area contributed by atoms with Gasteiger partial charge in [-0.3, -0.25) is 0 Å². The first-order valence-electron chi connectivity index (χ1n) is 8.81. The van der Waals surface area contributed by atoms with E-state index in [1.807, 2.05) is 30.3 Å². The second-order valence-electron chi connectivity index (χ2n) is 6.59. The molecule has 0 atom stereocenters. The number of hydrogen-bond acceptors (Lipinski definition) is 4. The number of carbonyl (C=O) groups is 1.